The van der Waals surface area contributed by atoms with Crippen molar-refractivity contribution in [1.29, 1.82) is 0 Å². The van der Waals surface area contributed by atoms with Gasteiger partial charge in [-0.1, -0.05) is 0 Å². The van der Waals surface area contributed by atoms with Gasteiger partial charge in [-0.25, -0.2) is 4.98 Å². The molecule has 0 N–H and O–H groups in total. The minimum atomic E-state index is 0.662. The number of imidazole rings is 1. The molecule has 3 nitrogen and oxygen atoms in total. The highest BCUT2D eigenvalue weighted by molar-refractivity contribution is 7.98. The molecule has 0 spiro atoms. The Kier molecular flexibility index (Phi) is 3.88. The summed E-state index contributed by atoms with van der Waals surface area (Å²) in [5, 5.41) is 0. The zero-order valence-electron chi connectivity index (χ0n) is 9.17. The van der Waals surface area contributed by atoms with Crippen LogP contribution in [0.5, 0.6) is 5.75 Å². The summed E-state index contributed by atoms with van der Waals surface area (Å²) in [6.07, 6.45) is 7.56. The summed E-state index contributed by atoms with van der Waals surface area (Å²) in [6, 6.07) is 8.13. The molecule has 0 atom stereocenters. The zero-order chi connectivity index (χ0) is 11.2. The molecular weight excluding hydrogens is 220 g/mol. The normalized spacial score (nSPS) is 10.3. The molecule has 0 unspecified atom stereocenters. The summed E-state index contributed by atoms with van der Waals surface area (Å²) in [7, 11) is 0. The average molecular weight is 234 g/mol. The van der Waals surface area contributed by atoms with E-state index in [4.69, 9.17) is 4.74 Å². The average Bonchev–Trinajstić information content (AvgIpc) is 2.83. The van der Waals surface area contributed by atoms with Crippen molar-refractivity contribution < 1.29 is 4.74 Å². The second-order valence-corrected chi connectivity index (χ2v) is 4.20. The van der Waals surface area contributed by atoms with Crippen molar-refractivity contribution in [2.75, 3.05) is 12.9 Å². The third kappa shape index (κ3) is 3.03. The Labute approximate surface area is 99.5 Å². The van der Waals surface area contributed by atoms with Crippen molar-refractivity contribution in [2.45, 2.75) is 11.4 Å². The fraction of sp³-hybridized carbons (Fsp3) is 0.250. The number of hydrogen-bond acceptors (Lipinski definition) is 3. The van der Waals surface area contributed by atoms with Crippen molar-refractivity contribution in [3.63, 3.8) is 0 Å². The maximum atomic E-state index is 5.62. The van der Waals surface area contributed by atoms with Crippen LogP contribution in [-0.4, -0.2) is 22.4 Å². The fourth-order valence-corrected chi connectivity index (χ4v) is 1.77. The molecule has 0 saturated carbocycles. The second-order valence-electron chi connectivity index (χ2n) is 3.32. The van der Waals surface area contributed by atoms with Gasteiger partial charge in [-0.3, -0.25) is 0 Å². The lowest BCUT2D eigenvalue weighted by Crippen LogP contribution is -2.06. The Hall–Kier alpha value is -1.42. The number of hydrogen-bond donors (Lipinski definition) is 0. The number of aromatic nitrogens is 2. The molecule has 0 fully saturated rings. The number of benzene rings is 1. The van der Waals surface area contributed by atoms with Gasteiger partial charge in [-0.2, -0.15) is 0 Å². The summed E-state index contributed by atoms with van der Waals surface area (Å²) in [5.74, 6) is 0.915. The van der Waals surface area contributed by atoms with Crippen LogP contribution in [0.2, 0.25) is 0 Å². The van der Waals surface area contributed by atoms with Crippen molar-refractivity contribution in [1.82, 2.24) is 9.55 Å². The topological polar surface area (TPSA) is 27.1 Å². The molecular formula is C12H14N2OS. The van der Waals surface area contributed by atoms with Crippen LogP contribution in [0.15, 0.2) is 47.9 Å². The monoisotopic (exact) mass is 234 g/mol. The molecule has 2 rings (SSSR count). The van der Waals surface area contributed by atoms with E-state index in [9.17, 15) is 0 Å². The number of rotatable bonds is 5. The van der Waals surface area contributed by atoms with E-state index in [0.29, 0.717) is 6.61 Å². The molecule has 0 radical (unpaired) electrons. The lowest BCUT2D eigenvalue weighted by Gasteiger charge is -2.06. The molecule has 0 amide bonds. The number of thioether (sulfide) groups is 1. The molecule has 0 bridgehead atoms. The third-order valence-electron chi connectivity index (χ3n) is 2.24. The van der Waals surface area contributed by atoms with Crippen LogP contribution in [0.1, 0.15) is 0 Å². The molecule has 16 heavy (non-hydrogen) atoms. The van der Waals surface area contributed by atoms with Crippen molar-refractivity contribution >= 4 is 11.8 Å². The lowest BCUT2D eigenvalue weighted by molar-refractivity contribution is 0.298. The Morgan fingerprint density at radius 2 is 2.12 bits per heavy atom. The van der Waals surface area contributed by atoms with Crippen LogP contribution in [0, 0.1) is 0 Å². The quantitative estimate of drug-likeness (QED) is 0.744. The van der Waals surface area contributed by atoms with Crippen LogP contribution in [0.25, 0.3) is 0 Å². The highest BCUT2D eigenvalue weighted by Gasteiger charge is 1.95. The van der Waals surface area contributed by atoms with Crippen LogP contribution >= 0.6 is 11.8 Å². The predicted molar refractivity (Wildman–Crippen MR) is 65.9 cm³/mol. The molecule has 1 heterocycles. The maximum Gasteiger partial charge on any atom is 0.119 e. The van der Waals surface area contributed by atoms with E-state index in [-0.39, 0.29) is 0 Å². The van der Waals surface area contributed by atoms with Crippen LogP contribution < -0.4 is 4.74 Å². The molecule has 0 saturated heterocycles. The fourth-order valence-electron chi connectivity index (χ4n) is 1.36. The van der Waals surface area contributed by atoms with Gasteiger partial charge < -0.3 is 9.30 Å². The standard InChI is InChI=1S/C12H14N2OS/c1-16-12-4-2-11(3-5-12)15-9-8-14-7-6-13-10-14/h2-7,10H,8-9H2,1H3. The molecule has 1 aromatic carbocycles. The summed E-state index contributed by atoms with van der Waals surface area (Å²) in [4.78, 5) is 5.23. The summed E-state index contributed by atoms with van der Waals surface area (Å²) < 4.78 is 7.62. The van der Waals surface area contributed by atoms with Crippen molar-refractivity contribution in [3.05, 3.63) is 43.0 Å². The molecule has 4 heteroatoms. The minimum absolute atomic E-state index is 0.662. The first-order chi connectivity index (χ1) is 7.88. The third-order valence-corrected chi connectivity index (χ3v) is 2.98. The summed E-state index contributed by atoms with van der Waals surface area (Å²) in [5.41, 5.74) is 0. The number of nitrogens with zero attached hydrogens (tertiary/aromatic N) is 2. The van der Waals surface area contributed by atoms with Gasteiger partial charge in [-0.15, -0.1) is 11.8 Å². The first-order valence-electron chi connectivity index (χ1n) is 5.11. The van der Waals surface area contributed by atoms with Crippen LogP contribution in [-0.2, 0) is 6.54 Å². The molecule has 0 aliphatic rings. The van der Waals surface area contributed by atoms with Gasteiger partial charge >= 0.3 is 0 Å². The number of ether oxygens (including phenoxy) is 1. The Bertz CT molecular complexity index is 411. The summed E-state index contributed by atoms with van der Waals surface area (Å²) in [6.45, 7) is 1.49. The summed E-state index contributed by atoms with van der Waals surface area (Å²) >= 11 is 1.73. The Morgan fingerprint density at radius 1 is 1.31 bits per heavy atom. The molecule has 84 valence electrons. The van der Waals surface area contributed by atoms with E-state index in [2.05, 4.69) is 23.4 Å². The minimum Gasteiger partial charge on any atom is -0.492 e. The smallest absolute Gasteiger partial charge is 0.119 e. The largest absolute Gasteiger partial charge is 0.492 e. The van der Waals surface area contributed by atoms with E-state index in [1.165, 1.54) is 4.90 Å². The van der Waals surface area contributed by atoms with E-state index in [1.807, 2.05) is 22.9 Å². The molecule has 0 aliphatic carbocycles. The van der Waals surface area contributed by atoms with Crippen LogP contribution in [0.4, 0.5) is 0 Å². The van der Waals surface area contributed by atoms with E-state index < -0.39 is 0 Å². The van der Waals surface area contributed by atoms with Gasteiger partial charge in [0.2, 0.25) is 0 Å². The highest BCUT2D eigenvalue weighted by Crippen LogP contribution is 2.18. The van der Waals surface area contributed by atoms with Gasteiger partial charge in [0.05, 0.1) is 12.9 Å². The Balaban J connectivity index is 1.81. The first-order valence-corrected chi connectivity index (χ1v) is 6.33. The van der Waals surface area contributed by atoms with Crippen molar-refractivity contribution in [2.24, 2.45) is 0 Å². The second kappa shape index (κ2) is 5.61. The van der Waals surface area contributed by atoms with Gasteiger partial charge in [-0.05, 0) is 30.5 Å². The van der Waals surface area contributed by atoms with Gasteiger partial charge in [0.15, 0.2) is 0 Å². The maximum absolute atomic E-state index is 5.62. The molecule has 0 aliphatic heterocycles. The van der Waals surface area contributed by atoms with Gasteiger partial charge in [0, 0.05) is 17.3 Å². The molecule has 1 aromatic heterocycles. The predicted octanol–water partition coefficient (Wildman–Crippen LogP) is 2.68. The molecule has 2 aromatic rings. The SMILES string of the molecule is CSc1ccc(OCCn2ccnc2)cc1. The lowest BCUT2D eigenvalue weighted by atomic mass is 10.3. The van der Waals surface area contributed by atoms with E-state index >= 15 is 0 Å². The zero-order valence-corrected chi connectivity index (χ0v) is 9.98. The van der Waals surface area contributed by atoms with E-state index in [1.54, 1.807) is 24.3 Å². The Morgan fingerprint density at radius 3 is 2.75 bits per heavy atom. The van der Waals surface area contributed by atoms with Crippen LogP contribution in [0.3, 0.4) is 0 Å². The van der Waals surface area contributed by atoms with Crippen molar-refractivity contribution in [3.8, 4) is 5.75 Å². The van der Waals surface area contributed by atoms with E-state index in [0.717, 1.165) is 12.3 Å². The van der Waals surface area contributed by atoms with Gasteiger partial charge in [0.25, 0.3) is 0 Å². The first kappa shape index (κ1) is 11.1. The van der Waals surface area contributed by atoms with Gasteiger partial charge in [0.1, 0.15) is 12.4 Å². The highest BCUT2D eigenvalue weighted by atomic mass is 32.2.